The van der Waals surface area contributed by atoms with Crippen LogP contribution in [0.2, 0.25) is 0 Å². The van der Waals surface area contributed by atoms with Crippen LogP contribution in [0.3, 0.4) is 0 Å². The predicted molar refractivity (Wildman–Crippen MR) is 79.1 cm³/mol. The molecule has 21 heavy (non-hydrogen) atoms. The maximum Gasteiger partial charge on any atom is 0.306 e. The fourth-order valence-corrected chi connectivity index (χ4v) is 3.24. The van der Waals surface area contributed by atoms with Gasteiger partial charge in [-0.3, -0.25) is 9.59 Å². The summed E-state index contributed by atoms with van der Waals surface area (Å²) in [7, 11) is 0. The molecule has 0 radical (unpaired) electrons. The molecule has 1 aliphatic carbocycles. The van der Waals surface area contributed by atoms with Crippen LogP contribution in [0.5, 0.6) is 0 Å². The van der Waals surface area contributed by atoms with Crippen molar-refractivity contribution in [3.8, 4) is 0 Å². The monoisotopic (exact) mass is 288 g/mol. The Morgan fingerprint density at radius 1 is 1.14 bits per heavy atom. The van der Waals surface area contributed by atoms with Gasteiger partial charge < -0.3 is 15.7 Å². The lowest BCUT2D eigenvalue weighted by Gasteiger charge is -2.27. The Labute approximate surface area is 123 Å². The average molecular weight is 288 g/mol. The van der Waals surface area contributed by atoms with Gasteiger partial charge in [-0.25, -0.2) is 0 Å². The lowest BCUT2D eigenvalue weighted by Crippen LogP contribution is -2.45. The number of hydrogen-bond acceptors (Lipinski definition) is 3. The van der Waals surface area contributed by atoms with E-state index < -0.39 is 5.97 Å². The SMILES string of the molecule is O=C(O)C1CCC(NC(=O)[C@@H]2Cc3ccccc3N2)CC1. The summed E-state index contributed by atoms with van der Waals surface area (Å²) in [5, 5.41) is 15.3. The van der Waals surface area contributed by atoms with Crippen molar-refractivity contribution < 1.29 is 14.7 Å². The number of carbonyl (C=O) groups is 2. The summed E-state index contributed by atoms with van der Waals surface area (Å²) in [5.74, 6) is -0.940. The van der Waals surface area contributed by atoms with E-state index in [1.807, 2.05) is 24.3 Å². The summed E-state index contributed by atoms with van der Waals surface area (Å²) in [5.41, 5.74) is 2.21. The molecule has 0 unspecified atom stereocenters. The first kappa shape index (κ1) is 13.9. The molecule has 112 valence electrons. The molecule has 5 heteroatoms. The number of hydrogen-bond donors (Lipinski definition) is 3. The van der Waals surface area contributed by atoms with Gasteiger partial charge in [0, 0.05) is 18.2 Å². The molecule has 3 rings (SSSR count). The van der Waals surface area contributed by atoms with E-state index >= 15 is 0 Å². The molecule has 1 amide bonds. The van der Waals surface area contributed by atoms with E-state index in [4.69, 9.17) is 5.11 Å². The van der Waals surface area contributed by atoms with Gasteiger partial charge in [0.15, 0.2) is 0 Å². The van der Waals surface area contributed by atoms with E-state index in [9.17, 15) is 9.59 Å². The number of aliphatic carboxylic acids is 1. The number of amides is 1. The number of nitrogens with one attached hydrogen (secondary N) is 2. The van der Waals surface area contributed by atoms with Gasteiger partial charge in [-0.15, -0.1) is 0 Å². The lowest BCUT2D eigenvalue weighted by atomic mass is 9.86. The highest BCUT2D eigenvalue weighted by atomic mass is 16.4. The number of rotatable bonds is 3. The molecule has 0 bridgehead atoms. The molecule has 0 spiro atoms. The van der Waals surface area contributed by atoms with Crippen molar-refractivity contribution >= 4 is 17.6 Å². The fourth-order valence-electron chi connectivity index (χ4n) is 3.24. The van der Waals surface area contributed by atoms with Crippen LogP contribution in [-0.4, -0.2) is 29.1 Å². The standard InChI is InChI=1S/C16H20N2O3/c19-15(14-9-11-3-1-2-4-13(11)18-14)17-12-7-5-10(6-8-12)16(20)21/h1-4,10,12,14,18H,5-9H2,(H,17,19)(H,20,21)/t10?,12?,14-/m0/s1. The largest absolute Gasteiger partial charge is 0.481 e. The van der Waals surface area contributed by atoms with Gasteiger partial charge in [0.1, 0.15) is 6.04 Å². The average Bonchev–Trinajstić information content (AvgIpc) is 2.92. The number of carboxylic acid groups (broad SMARTS) is 1. The Kier molecular flexibility index (Phi) is 3.82. The second-order valence-corrected chi connectivity index (χ2v) is 5.95. The highest BCUT2D eigenvalue weighted by Gasteiger charge is 2.30. The molecule has 0 aromatic heterocycles. The Morgan fingerprint density at radius 3 is 2.52 bits per heavy atom. The molecule has 1 fully saturated rings. The number of para-hydroxylation sites is 1. The second-order valence-electron chi connectivity index (χ2n) is 5.95. The van der Waals surface area contributed by atoms with Gasteiger partial charge in [0.05, 0.1) is 5.92 Å². The summed E-state index contributed by atoms with van der Waals surface area (Å²) in [6.45, 7) is 0. The minimum atomic E-state index is -0.715. The highest BCUT2D eigenvalue weighted by molar-refractivity contribution is 5.87. The fraction of sp³-hybridized carbons (Fsp3) is 0.500. The predicted octanol–water partition coefficient (Wildman–Crippen LogP) is 1.78. The molecule has 5 nitrogen and oxygen atoms in total. The Balaban J connectivity index is 1.51. The molecule has 1 aromatic carbocycles. The number of fused-ring (bicyclic) bond motifs is 1. The van der Waals surface area contributed by atoms with Crippen molar-refractivity contribution in [2.24, 2.45) is 5.92 Å². The van der Waals surface area contributed by atoms with E-state index in [1.54, 1.807) is 0 Å². The van der Waals surface area contributed by atoms with Gasteiger partial charge in [0.2, 0.25) is 5.91 Å². The van der Waals surface area contributed by atoms with Gasteiger partial charge in [-0.1, -0.05) is 18.2 Å². The van der Waals surface area contributed by atoms with Crippen molar-refractivity contribution in [2.75, 3.05) is 5.32 Å². The minimum absolute atomic E-state index is 0.0185. The molecule has 1 aromatic rings. The molecule has 1 saturated carbocycles. The molecule has 1 heterocycles. The number of benzene rings is 1. The smallest absolute Gasteiger partial charge is 0.306 e. The number of carboxylic acids is 1. The maximum atomic E-state index is 12.3. The quantitative estimate of drug-likeness (QED) is 0.792. The minimum Gasteiger partial charge on any atom is -0.481 e. The third-order valence-corrected chi connectivity index (χ3v) is 4.51. The molecule has 2 aliphatic rings. The van der Waals surface area contributed by atoms with Gasteiger partial charge >= 0.3 is 5.97 Å². The molecule has 3 N–H and O–H groups in total. The molecular formula is C16H20N2O3. The first-order valence-corrected chi connectivity index (χ1v) is 7.51. The van der Waals surface area contributed by atoms with Crippen LogP contribution in [0.25, 0.3) is 0 Å². The zero-order chi connectivity index (χ0) is 14.8. The number of carbonyl (C=O) groups excluding carboxylic acids is 1. The first-order valence-electron chi connectivity index (χ1n) is 7.51. The summed E-state index contributed by atoms with van der Waals surface area (Å²) in [6, 6.07) is 7.86. The normalized spacial score (nSPS) is 27.5. The summed E-state index contributed by atoms with van der Waals surface area (Å²) in [6.07, 6.45) is 3.52. The third-order valence-electron chi connectivity index (χ3n) is 4.51. The first-order chi connectivity index (χ1) is 10.1. The van der Waals surface area contributed by atoms with E-state index in [2.05, 4.69) is 10.6 Å². The third kappa shape index (κ3) is 3.01. The second kappa shape index (κ2) is 5.76. The van der Waals surface area contributed by atoms with Gasteiger partial charge in [-0.05, 0) is 37.3 Å². The van der Waals surface area contributed by atoms with Crippen LogP contribution < -0.4 is 10.6 Å². The van der Waals surface area contributed by atoms with Gasteiger partial charge in [0.25, 0.3) is 0 Å². The zero-order valence-corrected chi connectivity index (χ0v) is 11.8. The summed E-state index contributed by atoms with van der Waals surface area (Å²) >= 11 is 0. The van der Waals surface area contributed by atoms with Crippen LogP contribution >= 0.6 is 0 Å². The zero-order valence-electron chi connectivity index (χ0n) is 11.8. The molecular weight excluding hydrogens is 268 g/mol. The van der Waals surface area contributed by atoms with E-state index in [-0.39, 0.29) is 23.9 Å². The highest BCUT2D eigenvalue weighted by Crippen LogP contribution is 2.27. The molecule has 1 atom stereocenters. The van der Waals surface area contributed by atoms with Crippen molar-refractivity contribution in [2.45, 2.75) is 44.2 Å². The van der Waals surface area contributed by atoms with Crippen LogP contribution in [0.4, 0.5) is 5.69 Å². The van der Waals surface area contributed by atoms with Crippen LogP contribution in [0.1, 0.15) is 31.2 Å². The van der Waals surface area contributed by atoms with E-state index in [0.717, 1.165) is 18.5 Å². The summed E-state index contributed by atoms with van der Waals surface area (Å²) in [4.78, 5) is 23.2. The van der Waals surface area contributed by atoms with Crippen LogP contribution in [-0.2, 0) is 16.0 Å². The lowest BCUT2D eigenvalue weighted by molar-refractivity contribution is -0.142. The Morgan fingerprint density at radius 2 is 1.86 bits per heavy atom. The number of anilines is 1. The van der Waals surface area contributed by atoms with Crippen LogP contribution in [0, 0.1) is 5.92 Å². The van der Waals surface area contributed by atoms with Crippen molar-refractivity contribution in [1.29, 1.82) is 0 Å². The van der Waals surface area contributed by atoms with Gasteiger partial charge in [-0.2, -0.15) is 0 Å². The molecule has 0 saturated heterocycles. The van der Waals surface area contributed by atoms with Crippen molar-refractivity contribution in [1.82, 2.24) is 5.32 Å². The topological polar surface area (TPSA) is 78.4 Å². The Bertz CT molecular complexity index is 525. The summed E-state index contributed by atoms with van der Waals surface area (Å²) < 4.78 is 0. The maximum absolute atomic E-state index is 12.3. The van der Waals surface area contributed by atoms with Crippen molar-refractivity contribution in [3.05, 3.63) is 29.8 Å². The van der Waals surface area contributed by atoms with E-state index in [0.29, 0.717) is 19.3 Å². The van der Waals surface area contributed by atoms with E-state index in [1.165, 1.54) is 5.56 Å². The van der Waals surface area contributed by atoms with Crippen molar-refractivity contribution in [3.63, 3.8) is 0 Å². The molecule has 1 aliphatic heterocycles. The Hall–Kier alpha value is -2.04. The van der Waals surface area contributed by atoms with Crippen LogP contribution in [0.15, 0.2) is 24.3 Å².